The predicted octanol–water partition coefficient (Wildman–Crippen LogP) is 3.53. The summed E-state index contributed by atoms with van der Waals surface area (Å²) in [5.74, 6) is 2.69. The van der Waals surface area contributed by atoms with Crippen molar-refractivity contribution in [2.24, 2.45) is 4.99 Å². The van der Waals surface area contributed by atoms with Crippen molar-refractivity contribution in [1.82, 2.24) is 15.5 Å². The molecule has 2 rings (SSSR count). The van der Waals surface area contributed by atoms with Crippen molar-refractivity contribution in [3.8, 4) is 5.75 Å². The van der Waals surface area contributed by atoms with Gasteiger partial charge in [-0.05, 0) is 57.3 Å². The van der Waals surface area contributed by atoms with E-state index >= 15 is 0 Å². The second-order valence-corrected chi connectivity index (χ2v) is 6.60. The number of nitrogens with one attached hydrogen (secondary N) is 2. The normalized spacial score (nSPS) is 11.2. The molecule has 0 unspecified atom stereocenters. The lowest BCUT2D eigenvalue weighted by atomic mass is 10.2. The highest BCUT2D eigenvalue weighted by Gasteiger charge is 2.01. The minimum Gasteiger partial charge on any atom is -0.494 e. The summed E-state index contributed by atoms with van der Waals surface area (Å²) in [7, 11) is 4.14. The van der Waals surface area contributed by atoms with E-state index in [1.165, 1.54) is 0 Å². The number of nitrogens with zero attached hydrogens (tertiary/aromatic N) is 2. The molecule has 1 aromatic heterocycles. The largest absolute Gasteiger partial charge is 0.494 e. The molecular weight excluding hydrogens is 467 g/mol. The standard InChI is InChI=1S/C21H32N4O2.HI/c1-4-22-21(23-13-12-19-7-5-15-26-19)24-17-18-8-10-20(11-9-18)27-16-6-14-25(2)3;/h5,7-11,15H,4,6,12-14,16-17H2,1-3H3,(H2,22,23,24);1H. The molecule has 28 heavy (non-hydrogen) atoms. The van der Waals surface area contributed by atoms with Crippen LogP contribution in [-0.2, 0) is 13.0 Å². The lowest BCUT2D eigenvalue weighted by Gasteiger charge is -2.11. The van der Waals surface area contributed by atoms with Gasteiger partial charge in [0.2, 0.25) is 0 Å². The second-order valence-electron chi connectivity index (χ2n) is 6.60. The van der Waals surface area contributed by atoms with Crippen LogP contribution in [0.15, 0.2) is 52.1 Å². The summed E-state index contributed by atoms with van der Waals surface area (Å²) < 4.78 is 11.1. The van der Waals surface area contributed by atoms with Crippen LogP contribution in [0.2, 0.25) is 0 Å². The molecule has 0 aliphatic heterocycles. The third-order valence-electron chi connectivity index (χ3n) is 3.95. The Balaban J connectivity index is 0.00000392. The monoisotopic (exact) mass is 500 g/mol. The highest BCUT2D eigenvalue weighted by molar-refractivity contribution is 14.0. The third kappa shape index (κ3) is 9.98. The molecule has 156 valence electrons. The maximum atomic E-state index is 5.77. The molecule has 0 aliphatic carbocycles. The molecular formula is C21H33IN4O2. The Morgan fingerprint density at radius 1 is 1.14 bits per heavy atom. The molecule has 0 aliphatic rings. The van der Waals surface area contributed by atoms with Crippen LogP contribution in [0.4, 0.5) is 0 Å². The molecule has 0 fully saturated rings. The Morgan fingerprint density at radius 2 is 1.93 bits per heavy atom. The number of halogens is 1. The summed E-state index contributed by atoms with van der Waals surface area (Å²) in [6.07, 6.45) is 3.55. The van der Waals surface area contributed by atoms with Gasteiger partial charge in [0.15, 0.2) is 5.96 Å². The van der Waals surface area contributed by atoms with Gasteiger partial charge < -0.3 is 24.7 Å². The Hall–Kier alpha value is -1.74. The van der Waals surface area contributed by atoms with Crippen molar-refractivity contribution in [2.75, 3.05) is 40.3 Å². The van der Waals surface area contributed by atoms with E-state index in [-0.39, 0.29) is 24.0 Å². The van der Waals surface area contributed by atoms with Crippen molar-refractivity contribution in [3.63, 3.8) is 0 Å². The first-order valence-electron chi connectivity index (χ1n) is 9.58. The van der Waals surface area contributed by atoms with Gasteiger partial charge in [-0.2, -0.15) is 0 Å². The zero-order chi connectivity index (χ0) is 19.3. The zero-order valence-corrected chi connectivity index (χ0v) is 19.4. The van der Waals surface area contributed by atoms with Crippen LogP contribution in [0.5, 0.6) is 5.75 Å². The molecule has 0 atom stereocenters. The molecule has 2 aromatic rings. The minimum absolute atomic E-state index is 0. The molecule has 1 heterocycles. The van der Waals surface area contributed by atoms with E-state index in [2.05, 4.69) is 53.7 Å². The number of rotatable bonds is 11. The van der Waals surface area contributed by atoms with E-state index < -0.39 is 0 Å². The number of hydrogen-bond acceptors (Lipinski definition) is 4. The molecule has 7 heteroatoms. The van der Waals surface area contributed by atoms with Gasteiger partial charge >= 0.3 is 0 Å². The van der Waals surface area contributed by atoms with E-state index in [1.54, 1.807) is 6.26 Å². The van der Waals surface area contributed by atoms with Crippen molar-refractivity contribution >= 4 is 29.9 Å². The smallest absolute Gasteiger partial charge is 0.191 e. The van der Waals surface area contributed by atoms with Crippen LogP contribution < -0.4 is 15.4 Å². The van der Waals surface area contributed by atoms with E-state index in [0.717, 1.165) is 62.1 Å². The topological polar surface area (TPSA) is 62.0 Å². The fraction of sp³-hybridized carbons (Fsp3) is 0.476. The first-order valence-corrected chi connectivity index (χ1v) is 9.58. The Morgan fingerprint density at radius 3 is 2.57 bits per heavy atom. The molecule has 2 N–H and O–H groups in total. The van der Waals surface area contributed by atoms with Crippen LogP contribution >= 0.6 is 24.0 Å². The summed E-state index contributed by atoms with van der Waals surface area (Å²) in [6, 6.07) is 12.0. The number of hydrogen-bond donors (Lipinski definition) is 2. The Labute approximate surface area is 185 Å². The van der Waals surface area contributed by atoms with Gasteiger partial charge in [-0.3, -0.25) is 0 Å². The van der Waals surface area contributed by atoms with Crippen LogP contribution in [0.3, 0.4) is 0 Å². The lowest BCUT2D eigenvalue weighted by Crippen LogP contribution is -2.38. The number of guanidine groups is 1. The molecule has 0 saturated heterocycles. The molecule has 0 amide bonds. The van der Waals surface area contributed by atoms with E-state index in [9.17, 15) is 0 Å². The van der Waals surface area contributed by atoms with Crippen LogP contribution in [0, 0.1) is 0 Å². The lowest BCUT2D eigenvalue weighted by molar-refractivity contribution is 0.281. The van der Waals surface area contributed by atoms with Crippen LogP contribution in [-0.4, -0.2) is 51.2 Å². The number of aliphatic imine (C=N–C) groups is 1. The van der Waals surface area contributed by atoms with Crippen LogP contribution in [0.1, 0.15) is 24.7 Å². The van der Waals surface area contributed by atoms with Crippen LogP contribution in [0.25, 0.3) is 0 Å². The van der Waals surface area contributed by atoms with Gasteiger partial charge in [-0.1, -0.05) is 12.1 Å². The summed E-state index contributed by atoms with van der Waals surface area (Å²) >= 11 is 0. The molecule has 0 bridgehead atoms. The Kier molecular flexibility index (Phi) is 12.4. The fourth-order valence-corrected chi connectivity index (χ4v) is 2.53. The second kappa shape index (κ2) is 14.3. The van der Waals surface area contributed by atoms with Gasteiger partial charge in [0.25, 0.3) is 0 Å². The number of furan rings is 1. The van der Waals surface area contributed by atoms with Gasteiger partial charge in [-0.25, -0.2) is 4.99 Å². The van der Waals surface area contributed by atoms with E-state index in [1.807, 2.05) is 24.3 Å². The first-order chi connectivity index (χ1) is 13.2. The minimum atomic E-state index is 0. The maximum absolute atomic E-state index is 5.77. The predicted molar refractivity (Wildman–Crippen MR) is 126 cm³/mol. The molecule has 0 radical (unpaired) electrons. The quantitative estimate of drug-likeness (QED) is 0.214. The number of ether oxygens (including phenoxy) is 1. The highest BCUT2D eigenvalue weighted by atomic mass is 127. The van der Waals surface area contributed by atoms with Gasteiger partial charge in [0, 0.05) is 26.1 Å². The zero-order valence-electron chi connectivity index (χ0n) is 17.1. The molecule has 6 nitrogen and oxygen atoms in total. The SMILES string of the molecule is CCNC(=NCc1ccc(OCCCN(C)C)cc1)NCCc1ccco1.I. The molecule has 0 spiro atoms. The average molecular weight is 500 g/mol. The molecule has 1 aromatic carbocycles. The number of benzene rings is 1. The summed E-state index contributed by atoms with van der Waals surface area (Å²) in [5.41, 5.74) is 1.15. The summed E-state index contributed by atoms with van der Waals surface area (Å²) in [5, 5.41) is 6.60. The van der Waals surface area contributed by atoms with Crippen molar-refractivity contribution < 1.29 is 9.15 Å². The Bertz CT molecular complexity index is 658. The maximum Gasteiger partial charge on any atom is 0.191 e. The van der Waals surface area contributed by atoms with Gasteiger partial charge in [-0.15, -0.1) is 24.0 Å². The first kappa shape index (κ1) is 24.3. The van der Waals surface area contributed by atoms with E-state index in [0.29, 0.717) is 6.54 Å². The average Bonchev–Trinajstić information content (AvgIpc) is 3.17. The van der Waals surface area contributed by atoms with Gasteiger partial charge in [0.05, 0.1) is 19.4 Å². The van der Waals surface area contributed by atoms with Crippen molar-refractivity contribution in [2.45, 2.75) is 26.3 Å². The van der Waals surface area contributed by atoms with Crippen molar-refractivity contribution in [3.05, 3.63) is 54.0 Å². The third-order valence-corrected chi connectivity index (χ3v) is 3.95. The summed E-state index contributed by atoms with van der Waals surface area (Å²) in [6.45, 7) is 6.06. The highest BCUT2D eigenvalue weighted by Crippen LogP contribution is 2.13. The fourth-order valence-electron chi connectivity index (χ4n) is 2.53. The molecule has 0 saturated carbocycles. The van der Waals surface area contributed by atoms with Crippen molar-refractivity contribution in [1.29, 1.82) is 0 Å². The van der Waals surface area contributed by atoms with Gasteiger partial charge in [0.1, 0.15) is 11.5 Å². The van der Waals surface area contributed by atoms with E-state index in [4.69, 9.17) is 9.15 Å². The summed E-state index contributed by atoms with van der Waals surface area (Å²) in [4.78, 5) is 6.81.